The first kappa shape index (κ1) is 23.1. The molecule has 0 atom stereocenters. The molecule has 4 heterocycles. The number of anilines is 3. The molecule has 0 spiro atoms. The minimum absolute atomic E-state index is 0. The summed E-state index contributed by atoms with van der Waals surface area (Å²) in [5.74, 6) is 0. The Balaban J connectivity index is 0.00000242. The van der Waals surface area contributed by atoms with Crippen LogP contribution in [0.4, 0.5) is 17.1 Å². The Morgan fingerprint density at radius 1 is 0.711 bits per heavy atom. The fraction of sp³-hybridized carbons (Fsp3) is 0.0323. The SMILES string of the molecule is CN1C=CN(c2[c-]c3c(cc2)-c2ccccc2N2B3c3[c-]c(-n4cccn4)ccc3-c3ccccc32)[CH-]1.[Pd]. The number of hydrogen-bond donors (Lipinski definition) is 0. The quantitative estimate of drug-likeness (QED) is 0.223. The molecule has 7 heteroatoms. The van der Waals surface area contributed by atoms with Gasteiger partial charge in [0.1, 0.15) is 0 Å². The Kier molecular flexibility index (Phi) is 5.33. The summed E-state index contributed by atoms with van der Waals surface area (Å²) in [5.41, 5.74) is 11.5. The van der Waals surface area contributed by atoms with E-state index in [2.05, 4.69) is 113 Å². The molecule has 0 fully saturated rings. The molecule has 1 aromatic heterocycles. The van der Waals surface area contributed by atoms with Crippen LogP contribution in [0.2, 0.25) is 0 Å². The molecule has 5 aromatic rings. The molecule has 0 unspecified atom stereocenters. The molecule has 186 valence electrons. The van der Waals surface area contributed by atoms with Crippen molar-refractivity contribution in [3.8, 4) is 27.9 Å². The molecule has 38 heavy (non-hydrogen) atoms. The van der Waals surface area contributed by atoms with Crippen molar-refractivity contribution in [1.29, 1.82) is 0 Å². The van der Waals surface area contributed by atoms with Gasteiger partial charge in [0.15, 0.2) is 0 Å². The number of aromatic nitrogens is 2. The second kappa shape index (κ2) is 8.77. The van der Waals surface area contributed by atoms with E-state index in [0.717, 1.165) is 22.3 Å². The average Bonchev–Trinajstić information content (AvgIpc) is 3.65. The predicted octanol–water partition coefficient (Wildman–Crippen LogP) is 4.72. The van der Waals surface area contributed by atoms with Gasteiger partial charge in [0.05, 0.1) is 0 Å². The molecule has 0 radical (unpaired) electrons. The molecule has 0 saturated carbocycles. The first-order valence-electron chi connectivity index (χ1n) is 12.4. The number of para-hydroxylation sites is 2. The van der Waals surface area contributed by atoms with Gasteiger partial charge in [-0.1, -0.05) is 47.5 Å². The third kappa shape index (κ3) is 3.33. The summed E-state index contributed by atoms with van der Waals surface area (Å²) in [6, 6.07) is 35.6. The van der Waals surface area contributed by atoms with Crippen molar-refractivity contribution in [1.82, 2.24) is 14.7 Å². The van der Waals surface area contributed by atoms with E-state index in [0.29, 0.717) is 0 Å². The van der Waals surface area contributed by atoms with Gasteiger partial charge in [-0.15, -0.1) is 28.9 Å². The molecule has 3 aliphatic rings. The Bertz CT molecular complexity index is 1710. The van der Waals surface area contributed by atoms with Crippen LogP contribution in [-0.4, -0.2) is 28.6 Å². The topological polar surface area (TPSA) is 27.5 Å². The fourth-order valence-corrected chi connectivity index (χ4v) is 5.82. The summed E-state index contributed by atoms with van der Waals surface area (Å²) in [6.07, 6.45) is 7.88. The summed E-state index contributed by atoms with van der Waals surface area (Å²) < 4.78 is 1.88. The molecular weight excluding hydrogens is 560 g/mol. The molecule has 4 aromatic carbocycles. The maximum atomic E-state index is 4.48. The third-order valence-corrected chi connectivity index (χ3v) is 7.43. The minimum atomic E-state index is -0.0745. The zero-order chi connectivity index (χ0) is 24.5. The van der Waals surface area contributed by atoms with Crippen molar-refractivity contribution < 1.29 is 20.4 Å². The maximum Gasteiger partial charge on any atom is 0.278 e. The summed E-state index contributed by atoms with van der Waals surface area (Å²) in [5, 5.41) is 4.48. The van der Waals surface area contributed by atoms with Gasteiger partial charge in [-0.2, -0.15) is 47.0 Å². The van der Waals surface area contributed by atoms with Crippen LogP contribution < -0.4 is 20.6 Å². The standard InChI is InChI=1S/C31H21BN5.Pd/c1-34-17-18-35(21-34)22-11-13-24-26-7-2-4-9-30(26)37-31-10-5-3-8-27(31)25-14-12-23(36-16-6-15-33-36)20-29(25)32(37)28(24)19-22;/h2-18,21H,1H3;/q-3;. The van der Waals surface area contributed by atoms with Gasteiger partial charge in [-0.3, -0.25) is 4.68 Å². The number of fused-ring (bicyclic) bond motifs is 11. The van der Waals surface area contributed by atoms with Gasteiger partial charge in [-0.25, -0.2) is 0 Å². The van der Waals surface area contributed by atoms with E-state index < -0.39 is 0 Å². The Morgan fingerprint density at radius 2 is 1.34 bits per heavy atom. The van der Waals surface area contributed by atoms with Crippen LogP contribution in [-0.2, 0) is 20.4 Å². The Morgan fingerprint density at radius 3 is 1.95 bits per heavy atom. The molecular formula is C31H21BN5Pd-3. The van der Waals surface area contributed by atoms with Crippen LogP contribution in [0, 0.1) is 18.8 Å². The van der Waals surface area contributed by atoms with Gasteiger partial charge < -0.3 is 14.6 Å². The smallest absolute Gasteiger partial charge is 0.278 e. The number of hydrogen-bond acceptors (Lipinski definition) is 4. The van der Waals surface area contributed by atoms with E-state index >= 15 is 0 Å². The summed E-state index contributed by atoms with van der Waals surface area (Å²) in [6.45, 7) is 1.99. The van der Waals surface area contributed by atoms with Crippen molar-refractivity contribution in [2.24, 2.45) is 0 Å². The Hall–Kier alpha value is -4.04. The molecule has 0 bridgehead atoms. The van der Waals surface area contributed by atoms with Crippen molar-refractivity contribution in [2.45, 2.75) is 0 Å². The summed E-state index contributed by atoms with van der Waals surface area (Å²) >= 11 is 0. The van der Waals surface area contributed by atoms with E-state index in [1.165, 1.54) is 33.6 Å². The molecule has 0 N–H and O–H groups in total. The minimum Gasteiger partial charge on any atom is -0.510 e. The van der Waals surface area contributed by atoms with E-state index in [4.69, 9.17) is 0 Å². The van der Waals surface area contributed by atoms with Crippen molar-refractivity contribution in [2.75, 3.05) is 16.8 Å². The zero-order valence-electron chi connectivity index (χ0n) is 20.5. The summed E-state index contributed by atoms with van der Waals surface area (Å²) in [7, 11) is 2.03. The van der Waals surface area contributed by atoms with Crippen molar-refractivity contribution >= 4 is 34.8 Å². The van der Waals surface area contributed by atoms with Gasteiger partial charge in [0, 0.05) is 44.2 Å². The first-order chi connectivity index (χ1) is 18.3. The van der Waals surface area contributed by atoms with Crippen LogP contribution in [0.1, 0.15) is 0 Å². The average molecular weight is 581 g/mol. The zero-order valence-corrected chi connectivity index (χ0v) is 22.1. The first-order valence-corrected chi connectivity index (χ1v) is 12.4. The number of rotatable bonds is 2. The third-order valence-electron chi connectivity index (χ3n) is 7.43. The molecule has 0 saturated heterocycles. The van der Waals surface area contributed by atoms with Crippen LogP contribution in [0.5, 0.6) is 0 Å². The van der Waals surface area contributed by atoms with Crippen molar-refractivity contribution in [3.63, 3.8) is 0 Å². The monoisotopic (exact) mass is 580 g/mol. The maximum absolute atomic E-state index is 4.48. The van der Waals surface area contributed by atoms with E-state index in [1.54, 1.807) is 6.20 Å². The summed E-state index contributed by atoms with van der Waals surface area (Å²) in [4.78, 5) is 6.63. The molecule has 8 rings (SSSR count). The van der Waals surface area contributed by atoms with Crippen molar-refractivity contribution in [3.05, 3.63) is 122 Å². The van der Waals surface area contributed by atoms with Gasteiger partial charge >= 0.3 is 0 Å². The van der Waals surface area contributed by atoms with Gasteiger partial charge in [0.2, 0.25) is 0 Å². The van der Waals surface area contributed by atoms with Gasteiger partial charge in [-0.05, 0) is 43.3 Å². The second-order valence-electron chi connectivity index (χ2n) is 9.59. The van der Waals surface area contributed by atoms with E-state index in [1.807, 2.05) is 35.1 Å². The molecule has 5 nitrogen and oxygen atoms in total. The van der Waals surface area contributed by atoms with Crippen LogP contribution in [0.15, 0.2) is 104 Å². The number of benzene rings is 4. The molecule has 3 aliphatic heterocycles. The molecule has 0 aliphatic carbocycles. The fourth-order valence-electron chi connectivity index (χ4n) is 5.82. The van der Waals surface area contributed by atoms with Gasteiger partial charge in [0.25, 0.3) is 6.85 Å². The number of nitrogens with zero attached hydrogens (tertiary/aromatic N) is 5. The van der Waals surface area contributed by atoms with E-state index in [-0.39, 0.29) is 27.3 Å². The van der Waals surface area contributed by atoms with E-state index in [9.17, 15) is 0 Å². The Labute approximate surface area is 236 Å². The van der Waals surface area contributed by atoms with Crippen LogP contribution in [0.3, 0.4) is 0 Å². The predicted molar refractivity (Wildman–Crippen MR) is 149 cm³/mol. The second-order valence-corrected chi connectivity index (χ2v) is 9.59. The van der Waals surface area contributed by atoms with Crippen LogP contribution >= 0.6 is 0 Å². The normalized spacial score (nSPS) is 14.3. The van der Waals surface area contributed by atoms with Crippen LogP contribution in [0.25, 0.3) is 27.9 Å². The largest absolute Gasteiger partial charge is 0.510 e. The molecule has 0 amide bonds.